The molecule has 15 heavy (non-hydrogen) atoms. The lowest BCUT2D eigenvalue weighted by Crippen LogP contribution is -2.01. The predicted octanol–water partition coefficient (Wildman–Crippen LogP) is 1.17. The van der Waals surface area contributed by atoms with Gasteiger partial charge >= 0.3 is 5.69 Å². The molecule has 1 aromatic heterocycles. The maximum Gasteiger partial charge on any atom is 0.317 e. The van der Waals surface area contributed by atoms with E-state index in [4.69, 9.17) is 0 Å². The standard InChI is InChI=1S/C9H14N4O2/c1-7-9(13(14)15)8(12(4)10-7)5-6-11(2)3/h5-6H,1-4H3/b6-5+. The molecule has 0 aromatic carbocycles. The average Bonchev–Trinajstić information content (AvgIpc) is 2.37. The summed E-state index contributed by atoms with van der Waals surface area (Å²) < 4.78 is 1.51. The van der Waals surface area contributed by atoms with Crippen LogP contribution in [0.5, 0.6) is 0 Å². The second-order valence-electron chi connectivity index (χ2n) is 3.48. The van der Waals surface area contributed by atoms with Gasteiger partial charge in [0, 0.05) is 27.3 Å². The van der Waals surface area contributed by atoms with Crippen molar-refractivity contribution in [3.05, 3.63) is 27.7 Å². The molecule has 1 rings (SSSR count). The van der Waals surface area contributed by atoms with Gasteiger partial charge in [0.2, 0.25) is 0 Å². The molecule has 0 saturated heterocycles. The fourth-order valence-corrected chi connectivity index (χ4v) is 1.30. The molecule has 0 amide bonds. The smallest absolute Gasteiger partial charge is 0.317 e. The Labute approximate surface area is 88.0 Å². The van der Waals surface area contributed by atoms with Crippen LogP contribution in [0.3, 0.4) is 0 Å². The molecule has 0 atom stereocenters. The van der Waals surface area contributed by atoms with E-state index in [-0.39, 0.29) is 5.69 Å². The summed E-state index contributed by atoms with van der Waals surface area (Å²) in [6, 6.07) is 0. The number of nitro groups is 1. The molecule has 1 aromatic rings. The number of aryl methyl sites for hydroxylation is 2. The normalized spacial score (nSPS) is 10.9. The first-order valence-corrected chi connectivity index (χ1v) is 4.46. The van der Waals surface area contributed by atoms with Crippen LogP contribution < -0.4 is 0 Å². The van der Waals surface area contributed by atoms with Gasteiger partial charge in [-0.25, -0.2) is 0 Å². The molecular formula is C9H14N4O2. The number of rotatable bonds is 3. The van der Waals surface area contributed by atoms with Crippen LogP contribution in [0.4, 0.5) is 5.69 Å². The zero-order valence-electron chi connectivity index (χ0n) is 9.26. The number of nitrogens with zero attached hydrogens (tertiary/aromatic N) is 4. The van der Waals surface area contributed by atoms with E-state index in [1.807, 2.05) is 19.0 Å². The van der Waals surface area contributed by atoms with Crippen LogP contribution in [0.25, 0.3) is 6.08 Å². The number of aromatic nitrogens is 2. The SMILES string of the molecule is Cc1nn(C)c(/C=C/N(C)C)c1[N+](=O)[O-]. The molecule has 0 aliphatic carbocycles. The largest absolute Gasteiger partial charge is 0.383 e. The fourth-order valence-electron chi connectivity index (χ4n) is 1.30. The second kappa shape index (κ2) is 4.12. The van der Waals surface area contributed by atoms with Crippen molar-refractivity contribution in [3.63, 3.8) is 0 Å². The van der Waals surface area contributed by atoms with Gasteiger partial charge in [-0.3, -0.25) is 14.8 Å². The molecule has 0 bridgehead atoms. The van der Waals surface area contributed by atoms with E-state index in [0.29, 0.717) is 11.4 Å². The highest BCUT2D eigenvalue weighted by molar-refractivity contribution is 5.59. The summed E-state index contributed by atoms with van der Waals surface area (Å²) in [5.74, 6) is 0. The fraction of sp³-hybridized carbons (Fsp3) is 0.444. The van der Waals surface area contributed by atoms with Gasteiger partial charge < -0.3 is 4.90 Å². The first-order chi connectivity index (χ1) is 6.93. The minimum atomic E-state index is -0.405. The molecule has 0 unspecified atom stereocenters. The summed E-state index contributed by atoms with van der Waals surface area (Å²) >= 11 is 0. The lowest BCUT2D eigenvalue weighted by Gasteiger charge is -2.02. The Morgan fingerprint density at radius 3 is 2.60 bits per heavy atom. The summed E-state index contributed by atoms with van der Waals surface area (Å²) in [4.78, 5) is 12.2. The van der Waals surface area contributed by atoms with Crippen LogP contribution in [0.1, 0.15) is 11.4 Å². The van der Waals surface area contributed by atoms with Crippen LogP contribution in [-0.4, -0.2) is 33.7 Å². The maximum atomic E-state index is 10.8. The maximum absolute atomic E-state index is 10.8. The average molecular weight is 210 g/mol. The van der Waals surface area contributed by atoms with E-state index in [2.05, 4.69) is 5.10 Å². The van der Waals surface area contributed by atoms with Crippen molar-refractivity contribution >= 4 is 11.8 Å². The molecule has 1 heterocycles. The summed E-state index contributed by atoms with van der Waals surface area (Å²) in [5, 5.41) is 14.8. The van der Waals surface area contributed by atoms with Gasteiger partial charge in [-0.2, -0.15) is 5.10 Å². The Hall–Kier alpha value is -1.85. The van der Waals surface area contributed by atoms with E-state index in [0.717, 1.165) is 0 Å². The molecule has 0 aliphatic rings. The lowest BCUT2D eigenvalue weighted by molar-refractivity contribution is -0.385. The van der Waals surface area contributed by atoms with Crippen LogP contribution in [-0.2, 0) is 7.05 Å². The van der Waals surface area contributed by atoms with Gasteiger partial charge in [0.05, 0.1) is 4.92 Å². The molecule has 0 spiro atoms. The Kier molecular flexibility index (Phi) is 3.08. The number of hydrogen-bond donors (Lipinski definition) is 0. The molecule has 0 aliphatic heterocycles. The molecule has 0 fully saturated rings. The monoisotopic (exact) mass is 210 g/mol. The van der Waals surface area contributed by atoms with Gasteiger partial charge in [0.15, 0.2) is 0 Å². The van der Waals surface area contributed by atoms with Crippen LogP contribution in [0, 0.1) is 17.0 Å². The molecule has 6 heteroatoms. The zero-order valence-corrected chi connectivity index (χ0v) is 9.26. The van der Waals surface area contributed by atoms with E-state index in [9.17, 15) is 10.1 Å². The van der Waals surface area contributed by atoms with E-state index < -0.39 is 4.92 Å². The third kappa shape index (κ3) is 2.34. The third-order valence-corrected chi connectivity index (χ3v) is 1.95. The first kappa shape index (κ1) is 11.2. The van der Waals surface area contributed by atoms with Crippen molar-refractivity contribution in [2.24, 2.45) is 7.05 Å². The Balaban J connectivity index is 3.21. The van der Waals surface area contributed by atoms with Gasteiger partial charge in [-0.1, -0.05) is 0 Å². The molecular weight excluding hydrogens is 196 g/mol. The van der Waals surface area contributed by atoms with E-state index in [1.165, 1.54) is 4.68 Å². The van der Waals surface area contributed by atoms with E-state index >= 15 is 0 Å². The molecule has 6 nitrogen and oxygen atoms in total. The molecule has 0 N–H and O–H groups in total. The van der Waals surface area contributed by atoms with Gasteiger partial charge in [-0.05, 0) is 13.0 Å². The molecule has 0 radical (unpaired) electrons. The van der Waals surface area contributed by atoms with Gasteiger partial charge in [-0.15, -0.1) is 0 Å². The first-order valence-electron chi connectivity index (χ1n) is 4.46. The summed E-state index contributed by atoms with van der Waals surface area (Å²) in [5.41, 5.74) is 1.00. The topological polar surface area (TPSA) is 64.2 Å². The summed E-state index contributed by atoms with van der Waals surface area (Å²) in [6.07, 6.45) is 3.43. The van der Waals surface area contributed by atoms with Crippen LogP contribution in [0.15, 0.2) is 6.20 Å². The Bertz CT molecular complexity index is 406. The van der Waals surface area contributed by atoms with Gasteiger partial charge in [0.25, 0.3) is 0 Å². The predicted molar refractivity (Wildman–Crippen MR) is 57.3 cm³/mol. The van der Waals surface area contributed by atoms with E-state index in [1.54, 1.807) is 26.2 Å². The van der Waals surface area contributed by atoms with Crippen molar-refractivity contribution in [1.29, 1.82) is 0 Å². The summed E-state index contributed by atoms with van der Waals surface area (Å²) in [6.45, 7) is 1.63. The highest BCUT2D eigenvalue weighted by Gasteiger charge is 2.21. The van der Waals surface area contributed by atoms with Gasteiger partial charge in [0.1, 0.15) is 11.4 Å². The minimum Gasteiger partial charge on any atom is -0.383 e. The summed E-state index contributed by atoms with van der Waals surface area (Å²) in [7, 11) is 5.40. The highest BCUT2D eigenvalue weighted by Crippen LogP contribution is 2.23. The van der Waals surface area contributed by atoms with Crippen molar-refractivity contribution in [2.75, 3.05) is 14.1 Å². The quantitative estimate of drug-likeness (QED) is 0.555. The Morgan fingerprint density at radius 2 is 2.13 bits per heavy atom. The van der Waals surface area contributed by atoms with Crippen molar-refractivity contribution in [3.8, 4) is 0 Å². The second-order valence-corrected chi connectivity index (χ2v) is 3.48. The Morgan fingerprint density at radius 1 is 1.53 bits per heavy atom. The molecule has 0 saturated carbocycles. The lowest BCUT2D eigenvalue weighted by atomic mass is 10.3. The van der Waals surface area contributed by atoms with Crippen LogP contribution >= 0.6 is 0 Å². The number of hydrogen-bond acceptors (Lipinski definition) is 4. The van der Waals surface area contributed by atoms with Crippen molar-refractivity contribution in [2.45, 2.75) is 6.92 Å². The molecule has 82 valence electrons. The van der Waals surface area contributed by atoms with Crippen molar-refractivity contribution in [1.82, 2.24) is 14.7 Å². The highest BCUT2D eigenvalue weighted by atomic mass is 16.6. The van der Waals surface area contributed by atoms with Crippen molar-refractivity contribution < 1.29 is 4.92 Å². The third-order valence-electron chi connectivity index (χ3n) is 1.95. The minimum absolute atomic E-state index is 0.0654. The zero-order chi connectivity index (χ0) is 11.6. The van der Waals surface area contributed by atoms with Crippen LogP contribution in [0.2, 0.25) is 0 Å².